The molecular formula is C12H16BrClN2O. The molecule has 0 bridgehead atoms. The highest BCUT2D eigenvalue weighted by atomic mass is 79.9. The molecule has 1 aromatic rings. The molecule has 0 unspecified atom stereocenters. The van der Waals surface area contributed by atoms with Gasteiger partial charge in [-0.05, 0) is 41.9 Å². The minimum Gasteiger partial charge on any atom is -0.474 e. The number of piperidine rings is 1. The van der Waals surface area contributed by atoms with Crippen LogP contribution in [0.4, 0.5) is 0 Å². The minimum absolute atomic E-state index is 0.266. The number of rotatable bonds is 3. The summed E-state index contributed by atoms with van der Waals surface area (Å²) in [6, 6.07) is 1.96. The zero-order valence-electron chi connectivity index (χ0n) is 9.83. The van der Waals surface area contributed by atoms with Crippen molar-refractivity contribution in [2.45, 2.75) is 24.8 Å². The van der Waals surface area contributed by atoms with E-state index < -0.39 is 0 Å². The van der Waals surface area contributed by atoms with Gasteiger partial charge in [-0.1, -0.05) is 0 Å². The summed E-state index contributed by atoms with van der Waals surface area (Å²) in [5.74, 6) is 1.10. The number of pyridine rings is 1. The molecule has 1 aliphatic rings. The quantitative estimate of drug-likeness (QED) is 0.801. The molecule has 0 N–H and O–H groups in total. The number of alkyl halides is 1. The summed E-state index contributed by atoms with van der Waals surface area (Å²) in [5.41, 5.74) is 0.944. The lowest BCUT2D eigenvalue weighted by Crippen LogP contribution is -2.35. The third-order valence-corrected chi connectivity index (χ3v) is 3.70. The van der Waals surface area contributed by atoms with E-state index in [1.165, 1.54) is 0 Å². The van der Waals surface area contributed by atoms with Crippen LogP contribution in [0.15, 0.2) is 16.7 Å². The SMILES string of the molecule is CN1CCC(Oc2ncc(Br)cc2CCl)CC1. The number of aromatic nitrogens is 1. The van der Waals surface area contributed by atoms with Crippen LogP contribution in [0.5, 0.6) is 5.88 Å². The molecule has 94 valence electrons. The maximum Gasteiger partial charge on any atom is 0.218 e. The van der Waals surface area contributed by atoms with Gasteiger partial charge in [0.05, 0.1) is 5.88 Å². The van der Waals surface area contributed by atoms with Gasteiger partial charge in [-0.25, -0.2) is 4.98 Å². The Bertz CT molecular complexity index is 381. The van der Waals surface area contributed by atoms with Gasteiger partial charge >= 0.3 is 0 Å². The molecule has 5 heteroatoms. The van der Waals surface area contributed by atoms with E-state index in [1.54, 1.807) is 6.20 Å². The molecule has 3 nitrogen and oxygen atoms in total. The normalized spacial score (nSPS) is 18.3. The first kappa shape index (κ1) is 13.1. The summed E-state index contributed by atoms with van der Waals surface area (Å²) in [6.45, 7) is 2.16. The third kappa shape index (κ3) is 3.57. The second-order valence-electron chi connectivity index (χ2n) is 4.37. The van der Waals surface area contributed by atoms with Crippen molar-refractivity contribution in [2.24, 2.45) is 0 Å². The van der Waals surface area contributed by atoms with Crippen LogP contribution < -0.4 is 4.74 Å². The van der Waals surface area contributed by atoms with Crippen molar-refractivity contribution in [1.29, 1.82) is 0 Å². The highest BCUT2D eigenvalue weighted by molar-refractivity contribution is 9.10. The van der Waals surface area contributed by atoms with Crippen molar-refractivity contribution in [1.82, 2.24) is 9.88 Å². The Morgan fingerprint density at radius 3 is 2.88 bits per heavy atom. The molecule has 1 aliphatic heterocycles. The summed E-state index contributed by atoms with van der Waals surface area (Å²) in [6.07, 6.45) is 4.12. The maximum absolute atomic E-state index is 5.94. The molecule has 0 aromatic carbocycles. The average Bonchev–Trinajstić information content (AvgIpc) is 2.34. The number of halogens is 2. The Hall–Kier alpha value is -0.320. The van der Waals surface area contributed by atoms with Crippen LogP contribution in [0.25, 0.3) is 0 Å². The molecule has 0 aliphatic carbocycles. The van der Waals surface area contributed by atoms with Crippen LogP contribution in [0.3, 0.4) is 0 Å². The smallest absolute Gasteiger partial charge is 0.218 e. The van der Waals surface area contributed by atoms with Crippen molar-refractivity contribution >= 4 is 27.5 Å². The van der Waals surface area contributed by atoms with Gasteiger partial charge in [-0.2, -0.15) is 0 Å². The van der Waals surface area contributed by atoms with Gasteiger partial charge in [0, 0.05) is 29.3 Å². The van der Waals surface area contributed by atoms with Gasteiger partial charge in [0.25, 0.3) is 0 Å². The Morgan fingerprint density at radius 1 is 1.53 bits per heavy atom. The van der Waals surface area contributed by atoms with Crippen molar-refractivity contribution in [3.8, 4) is 5.88 Å². The van der Waals surface area contributed by atoms with Crippen LogP contribution in [0.2, 0.25) is 0 Å². The molecule has 1 saturated heterocycles. The highest BCUT2D eigenvalue weighted by Gasteiger charge is 2.19. The molecule has 1 aromatic heterocycles. The first-order chi connectivity index (χ1) is 8.19. The molecule has 0 amide bonds. The lowest BCUT2D eigenvalue weighted by molar-refractivity contribution is 0.109. The molecule has 0 radical (unpaired) electrons. The van der Waals surface area contributed by atoms with E-state index in [4.69, 9.17) is 16.3 Å². The Morgan fingerprint density at radius 2 is 2.24 bits per heavy atom. The van der Waals surface area contributed by atoms with Gasteiger partial charge in [0.2, 0.25) is 5.88 Å². The second kappa shape index (κ2) is 6.03. The average molecular weight is 320 g/mol. The Kier molecular flexibility index (Phi) is 4.65. The lowest BCUT2D eigenvalue weighted by Gasteiger charge is -2.29. The predicted octanol–water partition coefficient (Wildman–Crippen LogP) is 3.06. The van der Waals surface area contributed by atoms with Gasteiger partial charge in [-0.3, -0.25) is 0 Å². The van der Waals surface area contributed by atoms with E-state index in [9.17, 15) is 0 Å². The fourth-order valence-corrected chi connectivity index (χ4v) is 2.50. The fraction of sp³-hybridized carbons (Fsp3) is 0.583. The molecule has 2 rings (SSSR count). The number of likely N-dealkylation sites (tertiary alicyclic amines) is 1. The zero-order valence-corrected chi connectivity index (χ0v) is 12.2. The maximum atomic E-state index is 5.94. The summed E-state index contributed by atoms with van der Waals surface area (Å²) in [4.78, 5) is 6.61. The summed E-state index contributed by atoms with van der Waals surface area (Å²) >= 11 is 9.28. The van der Waals surface area contributed by atoms with E-state index in [0.29, 0.717) is 11.8 Å². The van der Waals surface area contributed by atoms with Crippen LogP contribution in [-0.4, -0.2) is 36.1 Å². The largest absolute Gasteiger partial charge is 0.474 e. The van der Waals surface area contributed by atoms with E-state index in [1.807, 2.05) is 6.07 Å². The van der Waals surface area contributed by atoms with E-state index in [0.717, 1.165) is 36.0 Å². The van der Waals surface area contributed by atoms with Crippen molar-refractivity contribution in [2.75, 3.05) is 20.1 Å². The number of ether oxygens (including phenoxy) is 1. The number of hydrogen-bond donors (Lipinski definition) is 0. The first-order valence-electron chi connectivity index (χ1n) is 5.74. The van der Waals surface area contributed by atoms with Crippen LogP contribution >= 0.6 is 27.5 Å². The van der Waals surface area contributed by atoms with E-state index in [2.05, 4.69) is 32.9 Å². The Balaban J connectivity index is 2.03. The summed E-state index contributed by atoms with van der Waals surface area (Å²) in [7, 11) is 2.14. The van der Waals surface area contributed by atoms with E-state index in [-0.39, 0.29) is 6.10 Å². The molecule has 0 saturated carbocycles. The lowest BCUT2D eigenvalue weighted by atomic mass is 10.1. The molecule has 17 heavy (non-hydrogen) atoms. The van der Waals surface area contributed by atoms with E-state index >= 15 is 0 Å². The Labute approximate surface area is 115 Å². The molecule has 2 heterocycles. The van der Waals surface area contributed by atoms with Gasteiger partial charge < -0.3 is 9.64 Å². The zero-order chi connectivity index (χ0) is 12.3. The predicted molar refractivity (Wildman–Crippen MR) is 72.6 cm³/mol. The molecular weight excluding hydrogens is 304 g/mol. The van der Waals surface area contributed by atoms with Crippen molar-refractivity contribution < 1.29 is 4.74 Å². The number of hydrogen-bond acceptors (Lipinski definition) is 3. The fourth-order valence-electron chi connectivity index (χ4n) is 1.93. The van der Waals surface area contributed by atoms with Crippen molar-refractivity contribution in [3.05, 3.63) is 22.3 Å². The third-order valence-electron chi connectivity index (χ3n) is 2.98. The topological polar surface area (TPSA) is 25.4 Å². The minimum atomic E-state index is 0.266. The molecule has 1 fully saturated rings. The second-order valence-corrected chi connectivity index (χ2v) is 5.55. The van der Waals surface area contributed by atoms with Crippen LogP contribution in [0, 0.1) is 0 Å². The molecule has 0 atom stereocenters. The summed E-state index contributed by atoms with van der Waals surface area (Å²) < 4.78 is 6.87. The first-order valence-corrected chi connectivity index (χ1v) is 7.07. The highest BCUT2D eigenvalue weighted by Crippen LogP contribution is 2.24. The monoisotopic (exact) mass is 318 g/mol. The van der Waals surface area contributed by atoms with Gasteiger partial charge in [0.1, 0.15) is 6.10 Å². The van der Waals surface area contributed by atoms with Gasteiger partial charge in [-0.15, -0.1) is 11.6 Å². The van der Waals surface area contributed by atoms with Crippen LogP contribution in [-0.2, 0) is 5.88 Å². The molecule has 0 spiro atoms. The van der Waals surface area contributed by atoms with Crippen LogP contribution in [0.1, 0.15) is 18.4 Å². The summed E-state index contributed by atoms with van der Waals surface area (Å²) in [5, 5.41) is 0. The standard InChI is InChI=1S/C12H16BrClN2O/c1-16-4-2-11(3-5-16)17-12-9(7-14)6-10(13)8-15-12/h6,8,11H,2-5,7H2,1H3. The van der Waals surface area contributed by atoms with Gasteiger partial charge in [0.15, 0.2) is 0 Å². The van der Waals surface area contributed by atoms with Crippen molar-refractivity contribution in [3.63, 3.8) is 0 Å². The number of nitrogens with zero attached hydrogens (tertiary/aromatic N) is 2.